The predicted molar refractivity (Wildman–Crippen MR) is 67.9 cm³/mol. The third-order valence-corrected chi connectivity index (χ3v) is 2.77. The predicted octanol–water partition coefficient (Wildman–Crippen LogP) is 1.70. The normalized spacial score (nSPS) is 10.3. The Morgan fingerprint density at radius 3 is 2.63 bits per heavy atom. The minimum Gasteiger partial charge on any atom is -0.479 e. The first-order valence-corrected chi connectivity index (χ1v) is 5.56. The minimum absolute atomic E-state index is 0.442. The first-order valence-electron chi connectivity index (χ1n) is 5.56. The summed E-state index contributed by atoms with van der Waals surface area (Å²) in [7, 11) is 1.54. The number of nitrogens with zero attached hydrogens (tertiary/aromatic N) is 5. The van der Waals surface area contributed by atoms with E-state index in [1.807, 2.05) is 16.7 Å². The molecule has 92 valence electrons. The molecule has 0 aliphatic heterocycles. The van der Waals surface area contributed by atoms with Gasteiger partial charge < -0.3 is 4.74 Å². The number of methoxy groups -OCH3 is 1. The van der Waals surface area contributed by atoms with E-state index in [-0.39, 0.29) is 0 Å². The van der Waals surface area contributed by atoms with Crippen LogP contribution in [0.1, 0.15) is 5.56 Å². The van der Waals surface area contributed by atoms with E-state index in [0.717, 1.165) is 5.69 Å². The van der Waals surface area contributed by atoms with Gasteiger partial charge >= 0.3 is 0 Å². The number of nitriles is 1. The van der Waals surface area contributed by atoms with Crippen molar-refractivity contribution in [2.24, 2.45) is 0 Å². The number of fused-ring (bicyclic) bond motifs is 1. The molecule has 0 atom stereocenters. The smallest absolute Gasteiger partial charge is 0.245 e. The zero-order valence-electron chi connectivity index (χ0n) is 10.1. The fourth-order valence-corrected chi connectivity index (χ4v) is 1.85. The molecule has 0 radical (unpaired) electrons. The highest BCUT2D eigenvalue weighted by Crippen LogP contribution is 2.22. The van der Waals surface area contributed by atoms with Crippen molar-refractivity contribution < 1.29 is 4.74 Å². The number of ether oxygens (including phenoxy) is 1. The first kappa shape index (κ1) is 11.2. The van der Waals surface area contributed by atoms with E-state index in [0.29, 0.717) is 22.6 Å². The summed E-state index contributed by atoms with van der Waals surface area (Å²) in [4.78, 5) is 12.5. The molecule has 0 amide bonds. The van der Waals surface area contributed by atoms with Gasteiger partial charge in [-0.1, -0.05) is 0 Å². The lowest BCUT2D eigenvalue weighted by atomic mass is 10.2. The van der Waals surface area contributed by atoms with Gasteiger partial charge in [0, 0.05) is 5.69 Å². The van der Waals surface area contributed by atoms with Crippen molar-refractivity contribution in [2.75, 3.05) is 7.11 Å². The molecule has 3 aromatic rings. The molecule has 0 saturated heterocycles. The van der Waals surface area contributed by atoms with E-state index in [1.165, 1.54) is 6.33 Å². The molecule has 0 bridgehead atoms. The second-order valence-electron chi connectivity index (χ2n) is 3.83. The van der Waals surface area contributed by atoms with Crippen molar-refractivity contribution in [1.82, 2.24) is 19.5 Å². The third-order valence-electron chi connectivity index (χ3n) is 2.77. The highest BCUT2D eigenvalue weighted by atomic mass is 16.5. The molecular formula is C13H9N5O. The molecular weight excluding hydrogens is 242 g/mol. The van der Waals surface area contributed by atoms with E-state index in [1.54, 1.807) is 25.6 Å². The van der Waals surface area contributed by atoms with Gasteiger partial charge in [-0.2, -0.15) is 10.2 Å². The van der Waals surface area contributed by atoms with Gasteiger partial charge in [-0.05, 0) is 24.3 Å². The average molecular weight is 251 g/mol. The van der Waals surface area contributed by atoms with Gasteiger partial charge in [0.25, 0.3) is 0 Å². The van der Waals surface area contributed by atoms with Crippen molar-refractivity contribution in [3.8, 4) is 17.6 Å². The second kappa shape index (κ2) is 4.38. The largest absolute Gasteiger partial charge is 0.479 e. The maximum Gasteiger partial charge on any atom is 0.245 e. The van der Waals surface area contributed by atoms with E-state index in [4.69, 9.17) is 10.00 Å². The van der Waals surface area contributed by atoms with Gasteiger partial charge in [0.05, 0.1) is 18.7 Å². The van der Waals surface area contributed by atoms with Gasteiger partial charge in [-0.25, -0.2) is 9.97 Å². The molecule has 2 heterocycles. The summed E-state index contributed by atoms with van der Waals surface area (Å²) in [6.45, 7) is 0. The van der Waals surface area contributed by atoms with E-state index < -0.39 is 0 Å². The number of rotatable bonds is 2. The van der Waals surface area contributed by atoms with Crippen LogP contribution in [0.4, 0.5) is 0 Å². The highest BCUT2D eigenvalue weighted by molar-refractivity contribution is 5.77. The van der Waals surface area contributed by atoms with Gasteiger partial charge in [0.15, 0.2) is 11.2 Å². The van der Waals surface area contributed by atoms with Crippen LogP contribution >= 0.6 is 0 Å². The fraction of sp³-hybridized carbons (Fsp3) is 0.0769. The zero-order chi connectivity index (χ0) is 13.2. The standard InChI is InChI=1S/C13H9N5O/c1-19-13-11-12(15-7-16-13)18(8-17-11)10-4-2-9(6-14)3-5-10/h2-5,7-8H,1H3. The summed E-state index contributed by atoms with van der Waals surface area (Å²) in [6, 6.07) is 9.27. The summed E-state index contributed by atoms with van der Waals surface area (Å²) in [6.07, 6.45) is 3.09. The van der Waals surface area contributed by atoms with Gasteiger partial charge in [-0.3, -0.25) is 4.57 Å². The number of hydrogen-bond acceptors (Lipinski definition) is 5. The topological polar surface area (TPSA) is 76.6 Å². The molecule has 0 N–H and O–H groups in total. The first-order chi connectivity index (χ1) is 9.33. The van der Waals surface area contributed by atoms with Crippen LogP contribution < -0.4 is 4.74 Å². The quantitative estimate of drug-likeness (QED) is 0.692. The molecule has 0 aliphatic rings. The summed E-state index contributed by atoms with van der Waals surface area (Å²) in [5.41, 5.74) is 2.76. The Balaban J connectivity index is 2.17. The van der Waals surface area contributed by atoms with Crippen LogP contribution in [0.3, 0.4) is 0 Å². The minimum atomic E-state index is 0.442. The fourth-order valence-electron chi connectivity index (χ4n) is 1.85. The molecule has 1 aromatic carbocycles. The van der Waals surface area contributed by atoms with Crippen molar-refractivity contribution in [2.45, 2.75) is 0 Å². The van der Waals surface area contributed by atoms with Crippen LogP contribution in [0.5, 0.6) is 5.88 Å². The van der Waals surface area contributed by atoms with Gasteiger partial charge in [0.2, 0.25) is 5.88 Å². The molecule has 6 heteroatoms. The maximum atomic E-state index is 8.79. The highest BCUT2D eigenvalue weighted by Gasteiger charge is 2.11. The zero-order valence-corrected chi connectivity index (χ0v) is 10.1. The van der Waals surface area contributed by atoms with Crippen molar-refractivity contribution >= 4 is 11.2 Å². The molecule has 0 fully saturated rings. The molecule has 6 nitrogen and oxygen atoms in total. The lowest BCUT2D eigenvalue weighted by molar-refractivity contribution is 0.401. The molecule has 0 saturated carbocycles. The lowest BCUT2D eigenvalue weighted by Gasteiger charge is -2.03. The van der Waals surface area contributed by atoms with Crippen molar-refractivity contribution in [1.29, 1.82) is 5.26 Å². The van der Waals surface area contributed by atoms with Gasteiger partial charge in [0.1, 0.15) is 12.7 Å². The number of aromatic nitrogens is 4. The van der Waals surface area contributed by atoms with E-state index >= 15 is 0 Å². The Labute approximate surface area is 108 Å². The molecule has 3 rings (SSSR count). The number of hydrogen-bond donors (Lipinski definition) is 0. The Kier molecular flexibility index (Phi) is 2.58. The summed E-state index contributed by atoms with van der Waals surface area (Å²) in [5.74, 6) is 0.442. The summed E-state index contributed by atoms with van der Waals surface area (Å²) < 4.78 is 6.96. The number of benzene rings is 1. The molecule has 19 heavy (non-hydrogen) atoms. The Hall–Kier alpha value is -2.94. The summed E-state index contributed by atoms with van der Waals surface area (Å²) >= 11 is 0. The van der Waals surface area contributed by atoms with E-state index in [2.05, 4.69) is 21.0 Å². The molecule has 0 aliphatic carbocycles. The third kappa shape index (κ3) is 1.77. The van der Waals surface area contributed by atoms with Crippen molar-refractivity contribution in [3.63, 3.8) is 0 Å². The number of imidazole rings is 1. The average Bonchev–Trinajstić information content (AvgIpc) is 2.91. The molecule has 2 aromatic heterocycles. The van der Waals surface area contributed by atoms with Crippen LogP contribution in [0.15, 0.2) is 36.9 Å². The second-order valence-corrected chi connectivity index (χ2v) is 3.83. The lowest BCUT2D eigenvalue weighted by Crippen LogP contribution is -1.95. The Morgan fingerprint density at radius 2 is 1.95 bits per heavy atom. The van der Waals surface area contributed by atoms with E-state index in [9.17, 15) is 0 Å². The van der Waals surface area contributed by atoms with Gasteiger partial charge in [-0.15, -0.1) is 0 Å². The SMILES string of the molecule is COc1ncnc2c1ncn2-c1ccc(C#N)cc1. The monoisotopic (exact) mass is 251 g/mol. The van der Waals surface area contributed by atoms with Crippen molar-refractivity contribution in [3.05, 3.63) is 42.5 Å². The summed E-state index contributed by atoms with van der Waals surface area (Å²) in [5, 5.41) is 8.79. The van der Waals surface area contributed by atoms with Crippen LogP contribution in [-0.2, 0) is 0 Å². The Bertz CT molecular complexity index is 770. The Morgan fingerprint density at radius 1 is 1.16 bits per heavy atom. The molecule has 0 unspecified atom stereocenters. The van der Waals surface area contributed by atoms with Crippen LogP contribution in [0.2, 0.25) is 0 Å². The molecule has 0 spiro atoms. The maximum absolute atomic E-state index is 8.79. The van der Waals surface area contributed by atoms with Crippen LogP contribution in [-0.4, -0.2) is 26.6 Å². The van der Waals surface area contributed by atoms with Crippen LogP contribution in [0, 0.1) is 11.3 Å². The van der Waals surface area contributed by atoms with Crippen LogP contribution in [0.25, 0.3) is 16.9 Å².